The van der Waals surface area contributed by atoms with Gasteiger partial charge in [-0.05, 0) is 19.8 Å². The standard InChI is InChI=1S/C9H20N2O2S/c1-3-9(2)10-5-7-11-6-4-8-14(11,12)13/h9-10H,3-8H2,1-2H3. The molecule has 0 spiro atoms. The molecule has 1 heterocycles. The van der Waals surface area contributed by atoms with Gasteiger partial charge in [0.2, 0.25) is 10.0 Å². The highest BCUT2D eigenvalue weighted by atomic mass is 32.2. The number of hydrogen-bond acceptors (Lipinski definition) is 3. The smallest absolute Gasteiger partial charge is 0.214 e. The molecule has 84 valence electrons. The second-order valence-electron chi connectivity index (χ2n) is 3.83. The maximum atomic E-state index is 11.4. The van der Waals surface area contributed by atoms with E-state index in [1.807, 2.05) is 0 Å². The van der Waals surface area contributed by atoms with Crippen molar-refractivity contribution in [2.24, 2.45) is 0 Å². The predicted octanol–water partition coefficient (Wildman–Crippen LogP) is 0.410. The minimum atomic E-state index is -2.90. The molecule has 0 bridgehead atoms. The summed E-state index contributed by atoms with van der Waals surface area (Å²) in [7, 11) is -2.90. The monoisotopic (exact) mass is 220 g/mol. The van der Waals surface area contributed by atoms with Crippen LogP contribution < -0.4 is 5.32 Å². The SMILES string of the molecule is CCC(C)NCCN1CCCS1(=O)=O. The third-order valence-electron chi connectivity index (χ3n) is 2.67. The van der Waals surface area contributed by atoms with Crippen molar-refractivity contribution in [3.8, 4) is 0 Å². The van der Waals surface area contributed by atoms with Gasteiger partial charge in [0.15, 0.2) is 0 Å². The summed E-state index contributed by atoms with van der Waals surface area (Å²) in [5.74, 6) is 0.330. The fourth-order valence-electron chi connectivity index (χ4n) is 1.52. The fourth-order valence-corrected chi connectivity index (χ4v) is 3.05. The first kappa shape index (κ1) is 11.9. The third-order valence-corrected chi connectivity index (χ3v) is 4.63. The van der Waals surface area contributed by atoms with E-state index in [0.29, 0.717) is 24.9 Å². The average molecular weight is 220 g/mol. The second kappa shape index (κ2) is 5.09. The second-order valence-corrected chi connectivity index (χ2v) is 5.92. The maximum Gasteiger partial charge on any atom is 0.214 e. The first-order valence-corrected chi connectivity index (χ1v) is 6.88. The number of nitrogens with zero attached hydrogens (tertiary/aromatic N) is 1. The first-order chi connectivity index (χ1) is 6.56. The summed E-state index contributed by atoms with van der Waals surface area (Å²) < 4.78 is 24.4. The normalized spacial score (nSPS) is 23.9. The molecule has 0 aromatic carbocycles. The van der Waals surface area contributed by atoms with E-state index < -0.39 is 10.0 Å². The Hall–Kier alpha value is -0.130. The molecule has 0 radical (unpaired) electrons. The molecule has 0 aromatic heterocycles. The van der Waals surface area contributed by atoms with E-state index in [0.717, 1.165) is 19.4 Å². The van der Waals surface area contributed by atoms with Crippen molar-refractivity contribution >= 4 is 10.0 Å². The number of hydrogen-bond donors (Lipinski definition) is 1. The van der Waals surface area contributed by atoms with Crippen LogP contribution in [0.15, 0.2) is 0 Å². The van der Waals surface area contributed by atoms with Gasteiger partial charge in [-0.1, -0.05) is 6.92 Å². The third kappa shape index (κ3) is 3.22. The molecular formula is C9H20N2O2S. The van der Waals surface area contributed by atoms with Crippen LogP contribution in [0.5, 0.6) is 0 Å². The molecule has 1 unspecified atom stereocenters. The van der Waals surface area contributed by atoms with Crippen molar-refractivity contribution < 1.29 is 8.42 Å². The molecule has 0 saturated carbocycles. The summed E-state index contributed by atoms with van der Waals surface area (Å²) in [5, 5.41) is 3.29. The quantitative estimate of drug-likeness (QED) is 0.730. The zero-order valence-corrected chi connectivity index (χ0v) is 9.81. The van der Waals surface area contributed by atoms with E-state index in [-0.39, 0.29) is 0 Å². The number of rotatable bonds is 5. The summed E-state index contributed by atoms with van der Waals surface area (Å²) in [6, 6.07) is 0.473. The zero-order valence-electron chi connectivity index (χ0n) is 8.99. The highest BCUT2D eigenvalue weighted by Gasteiger charge is 2.27. The average Bonchev–Trinajstić information content (AvgIpc) is 2.45. The minimum absolute atomic E-state index is 0.330. The van der Waals surface area contributed by atoms with Crippen molar-refractivity contribution in [1.29, 1.82) is 0 Å². The Kier molecular flexibility index (Phi) is 4.34. The number of nitrogens with one attached hydrogen (secondary N) is 1. The Morgan fingerprint density at radius 2 is 2.21 bits per heavy atom. The van der Waals surface area contributed by atoms with Crippen LogP contribution in [0.2, 0.25) is 0 Å². The van der Waals surface area contributed by atoms with Gasteiger partial charge < -0.3 is 5.32 Å². The molecule has 1 saturated heterocycles. The predicted molar refractivity (Wildman–Crippen MR) is 57.7 cm³/mol. The van der Waals surface area contributed by atoms with Gasteiger partial charge in [-0.3, -0.25) is 0 Å². The lowest BCUT2D eigenvalue weighted by Crippen LogP contribution is -2.36. The van der Waals surface area contributed by atoms with Gasteiger partial charge in [0.1, 0.15) is 0 Å². The van der Waals surface area contributed by atoms with Crippen LogP contribution in [0.1, 0.15) is 26.7 Å². The Balaban J connectivity index is 2.25. The molecule has 1 fully saturated rings. The van der Waals surface area contributed by atoms with Gasteiger partial charge in [-0.15, -0.1) is 0 Å². The highest BCUT2D eigenvalue weighted by molar-refractivity contribution is 7.89. The van der Waals surface area contributed by atoms with E-state index in [4.69, 9.17) is 0 Å². The Labute approximate surface area is 86.7 Å². The van der Waals surface area contributed by atoms with Gasteiger partial charge in [-0.25, -0.2) is 12.7 Å². The molecule has 1 atom stereocenters. The lowest BCUT2D eigenvalue weighted by atomic mass is 10.2. The van der Waals surface area contributed by atoms with Gasteiger partial charge in [-0.2, -0.15) is 0 Å². The van der Waals surface area contributed by atoms with Crippen LogP contribution in [-0.2, 0) is 10.0 Å². The van der Waals surface area contributed by atoms with E-state index in [2.05, 4.69) is 19.2 Å². The molecule has 4 nitrogen and oxygen atoms in total. The summed E-state index contributed by atoms with van der Waals surface area (Å²) >= 11 is 0. The fraction of sp³-hybridized carbons (Fsp3) is 1.00. The van der Waals surface area contributed by atoms with Gasteiger partial charge in [0.25, 0.3) is 0 Å². The van der Waals surface area contributed by atoms with Gasteiger partial charge >= 0.3 is 0 Å². The molecule has 1 aliphatic rings. The Bertz CT molecular complexity index is 264. The topological polar surface area (TPSA) is 49.4 Å². The number of sulfonamides is 1. The molecule has 1 rings (SSSR count). The van der Waals surface area contributed by atoms with Crippen LogP contribution in [0, 0.1) is 0 Å². The van der Waals surface area contributed by atoms with Crippen molar-refractivity contribution in [2.75, 3.05) is 25.4 Å². The minimum Gasteiger partial charge on any atom is -0.313 e. The first-order valence-electron chi connectivity index (χ1n) is 5.27. The highest BCUT2D eigenvalue weighted by Crippen LogP contribution is 2.11. The summed E-state index contributed by atoms with van der Waals surface area (Å²) in [6.45, 7) is 6.30. The lowest BCUT2D eigenvalue weighted by Gasteiger charge is -2.16. The van der Waals surface area contributed by atoms with E-state index >= 15 is 0 Å². The molecule has 1 aliphatic heterocycles. The van der Waals surface area contributed by atoms with Crippen LogP contribution in [0.4, 0.5) is 0 Å². The molecule has 0 aromatic rings. The van der Waals surface area contributed by atoms with Gasteiger partial charge in [0, 0.05) is 25.7 Å². The molecule has 1 N–H and O–H groups in total. The van der Waals surface area contributed by atoms with Crippen molar-refractivity contribution in [2.45, 2.75) is 32.7 Å². The van der Waals surface area contributed by atoms with Crippen LogP contribution in [0.25, 0.3) is 0 Å². The lowest BCUT2D eigenvalue weighted by molar-refractivity contribution is 0.417. The molecular weight excluding hydrogens is 200 g/mol. The molecule has 0 amide bonds. The molecule has 5 heteroatoms. The summed E-state index contributed by atoms with van der Waals surface area (Å²) in [5.41, 5.74) is 0. The van der Waals surface area contributed by atoms with Crippen LogP contribution in [-0.4, -0.2) is 44.2 Å². The van der Waals surface area contributed by atoms with Crippen molar-refractivity contribution in [3.63, 3.8) is 0 Å². The largest absolute Gasteiger partial charge is 0.313 e. The zero-order chi connectivity index (χ0) is 10.6. The molecule has 14 heavy (non-hydrogen) atoms. The summed E-state index contributed by atoms with van der Waals surface area (Å²) in [6.07, 6.45) is 1.86. The van der Waals surface area contributed by atoms with Crippen LogP contribution >= 0.6 is 0 Å². The Morgan fingerprint density at radius 1 is 1.50 bits per heavy atom. The van der Waals surface area contributed by atoms with E-state index in [1.54, 1.807) is 4.31 Å². The van der Waals surface area contributed by atoms with Crippen molar-refractivity contribution in [1.82, 2.24) is 9.62 Å². The maximum absolute atomic E-state index is 11.4. The molecule has 0 aliphatic carbocycles. The van der Waals surface area contributed by atoms with E-state index in [1.165, 1.54) is 0 Å². The van der Waals surface area contributed by atoms with Crippen molar-refractivity contribution in [3.05, 3.63) is 0 Å². The van der Waals surface area contributed by atoms with E-state index in [9.17, 15) is 8.42 Å². The van der Waals surface area contributed by atoms with Gasteiger partial charge in [0.05, 0.1) is 5.75 Å². The summed E-state index contributed by atoms with van der Waals surface area (Å²) in [4.78, 5) is 0. The Morgan fingerprint density at radius 3 is 2.71 bits per heavy atom. The van der Waals surface area contributed by atoms with Crippen LogP contribution in [0.3, 0.4) is 0 Å².